The molecule has 1 unspecified atom stereocenters. The Bertz CT molecular complexity index is 359. The van der Waals surface area contributed by atoms with E-state index in [1.807, 2.05) is 0 Å². The second-order valence-electron chi connectivity index (χ2n) is 8.14. The zero-order chi connectivity index (χ0) is 22.9. The molecule has 0 fully saturated rings. The molecule has 0 aromatic carbocycles. The molecule has 0 aliphatic carbocycles. The average molecular weight is 456 g/mol. The number of nitrogens with two attached hydrogens (primary N) is 1. The maximum atomic E-state index is 8.88. The number of ether oxygens (including phenoxy) is 1. The Morgan fingerprint density at radius 3 is 1.43 bits per heavy atom. The second-order valence-corrected chi connectivity index (χ2v) is 9.16. The standard InChI is InChI=1S/C22H47NO2.H3O4P/c1-2-3-4-5-6-7-8-9-10-11-12-13-14-15-16-17-22(23)18-20-25-21-19-24;1-5(2,3)4/h22,24H,2-21,23H2,1H3;(H3,1,2,3,4). The number of aliphatic hydroxyl groups is 1. The van der Waals surface area contributed by atoms with Crippen molar-refractivity contribution >= 4 is 7.82 Å². The minimum atomic E-state index is -4.64. The van der Waals surface area contributed by atoms with Crippen LogP contribution in [0.1, 0.15) is 116 Å². The Kier molecular flexibility index (Phi) is 27.1. The Hall–Kier alpha value is -0.0100. The first kappa shape index (κ1) is 32.2. The normalized spacial score (nSPS) is 12.5. The molecule has 0 aromatic heterocycles. The average Bonchev–Trinajstić information content (AvgIpc) is 2.67. The van der Waals surface area contributed by atoms with E-state index in [9.17, 15) is 0 Å². The van der Waals surface area contributed by atoms with E-state index in [0.29, 0.717) is 13.2 Å². The molecule has 6 N–H and O–H groups in total. The predicted octanol–water partition coefficient (Wildman–Crippen LogP) is 5.05. The van der Waals surface area contributed by atoms with Crippen LogP contribution < -0.4 is 5.73 Å². The van der Waals surface area contributed by atoms with Gasteiger partial charge in [0.15, 0.2) is 0 Å². The summed E-state index contributed by atoms with van der Waals surface area (Å²) in [6.07, 6.45) is 23.1. The van der Waals surface area contributed by atoms with Gasteiger partial charge < -0.3 is 30.3 Å². The van der Waals surface area contributed by atoms with Gasteiger partial charge in [-0.1, -0.05) is 103 Å². The lowest BCUT2D eigenvalue weighted by Crippen LogP contribution is -2.22. The lowest BCUT2D eigenvalue weighted by Gasteiger charge is -2.11. The summed E-state index contributed by atoms with van der Waals surface area (Å²) in [6, 6.07) is 0.265. The molecular weight excluding hydrogens is 405 g/mol. The summed E-state index contributed by atoms with van der Waals surface area (Å²) in [4.78, 5) is 21.6. The van der Waals surface area contributed by atoms with Gasteiger partial charge in [0.05, 0.1) is 13.2 Å². The molecule has 30 heavy (non-hydrogen) atoms. The van der Waals surface area contributed by atoms with Gasteiger partial charge >= 0.3 is 7.82 Å². The van der Waals surface area contributed by atoms with Crippen LogP contribution >= 0.6 is 7.82 Å². The van der Waals surface area contributed by atoms with E-state index in [4.69, 9.17) is 34.8 Å². The van der Waals surface area contributed by atoms with E-state index >= 15 is 0 Å². The van der Waals surface area contributed by atoms with Gasteiger partial charge in [0.25, 0.3) is 0 Å². The molecule has 7 nitrogen and oxygen atoms in total. The summed E-state index contributed by atoms with van der Waals surface area (Å²) >= 11 is 0. The van der Waals surface area contributed by atoms with Crippen molar-refractivity contribution in [1.29, 1.82) is 0 Å². The van der Waals surface area contributed by atoms with Gasteiger partial charge in [0.1, 0.15) is 0 Å². The molecular formula is C22H50NO6P. The highest BCUT2D eigenvalue weighted by atomic mass is 31.2. The van der Waals surface area contributed by atoms with Crippen LogP contribution in [0.4, 0.5) is 0 Å². The summed E-state index contributed by atoms with van der Waals surface area (Å²) in [5.74, 6) is 0. The Balaban J connectivity index is 0. The predicted molar refractivity (Wildman–Crippen MR) is 124 cm³/mol. The van der Waals surface area contributed by atoms with E-state index < -0.39 is 7.82 Å². The van der Waals surface area contributed by atoms with Crippen LogP contribution in [0.25, 0.3) is 0 Å². The molecule has 0 radical (unpaired) electrons. The van der Waals surface area contributed by atoms with E-state index in [2.05, 4.69) is 6.92 Å². The third kappa shape index (κ3) is 38.6. The first-order valence-electron chi connectivity index (χ1n) is 12.0. The summed E-state index contributed by atoms with van der Waals surface area (Å²) in [5.41, 5.74) is 6.07. The van der Waals surface area contributed by atoms with Crippen molar-refractivity contribution < 1.29 is 29.1 Å². The van der Waals surface area contributed by atoms with Crippen molar-refractivity contribution in [2.45, 2.75) is 122 Å². The fourth-order valence-corrected chi connectivity index (χ4v) is 3.32. The number of hydrogen-bond acceptors (Lipinski definition) is 4. The third-order valence-electron chi connectivity index (χ3n) is 5.05. The number of unbranched alkanes of at least 4 members (excludes halogenated alkanes) is 14. The molecule has 0 heterocycles. The molecule has 0 saturated heterocycles. The van der Waals surface area contributed by atoms with Gasteiger partial charge in [0.2, 0.25) is 0 Å². The zero-order valence-electron chi connectivity index (χ0n) is 19.3. The van der Waals surface area contributed by atoms with Crippen molar-refractivity contribution in [2.75, 3.05) is 19.8 Å². The van der Waals surface area contributed by atoms with Crippen LogP contribution in [0.3, 0.4) is 0 Å². The van der Waals surface area contributed by atoms with Crippen molar-refractivity contribution in [3.63, 3.8) is 0 Å². The smallest absolute Gasteiger partial charge is 0.394 e. The summed E-state index contributed by atoms with van der Waals surface area (Å²) in [6.45, 7) is 3.51. The third-order valence-corrected chi connectivity index (χ3v) is 5.05. The van der Waals surface area contributed by atoms with Crippen molar-refractivity contribution in [1.82, 2.24) is 0 Å². The highest BCUT2D eigenvalue weighted by Crippen LogP contribution is 2.25. The van der Waals surface area contributed by atoms with Crippen LogP contribution in [-0.2, 0) is 9.30 Å². The molecule has 0 rings (SSSR count). The number of hydrogen-bond donors (Lipinski definition) is 5. The van der Waals surface area contributed by atoms with Gasteiger partial charge in [0, 0.05) is 12.6 Å². The molecule has 0 saturated carbocycles. The topological polar surface area (TPSA) is 133 Å². The molecule has 0 spiro atoms. The molecule has 0 aliphatic rings. The minimum Gasteiger partial charge on any atom is -0.394 e. The van der Waals surface area contributed by atoms with Gasteiger partial charge in [-0.2, -0.15) is 0 Å². The summed E-state index contributed by atoms with van der Waals surface area (Å²) in [5, 5.41) is 8.63. The van der Waals surface area contributed by atoms with Crippen LogP contribution in [0.15, 0.2) is 0 Å². The first-order chi connectivity index (χ1) is 14.3. The zero-order valence-corrected chi connectivity index (χ0v) is 20.2. The van der Waals surface area contributed by atoms with Gasteiger partial charge in [-0.05, 0) is 12.8 Å². The monoisotopic (exact) mass is 455 g/mol. The minimum absolute atomic E-state index is 0.105. The molecule has 0 aliphatic heterocycles. The van der Waals surface area contributed by atoms with E-state index in [0.717, 1.165) is 12.8 Å². The maximum absolute atomic E-state index is 8.88. The quantitative estimate of drug-likeness (QED) is 0.121. The van der Waals surface area contributed by atoms with Crippen LogP contribution in [0.5, 0.6) is 0 Å². The first-order valence-corrected chi connectivity index (χ1v) is 13.6. The fraction of sp³-hybridized carbons (Fsp3) is 1.00. The van der Waals surface area contributed by atoms with Gasteiger partial charge in [-0.3, -0.25) is 0 Å². The fourth-order valence-electron chi connectivity index (χ4n) is 3.32. The maximum Gasteiger partial charge on any atom is 0.466 e. The largest absolute Gasteiger partial charge is 0.466 e. The van der Waals surface area contributed by atoms with Crippen molar-refractivity contribution in [3.8, 4) is 0 Å². The van der Waals surface area contributed by atoms with Crippen molar-refractivity contribution in [2.24, 2.45) is 5.73 Å². The number of phosphoric acid groups is 1. The molecule has 0 aromatic rings. The molecule has 1 atom stereocenters. The molecule has 0 bridgehead atoms. The highest BCUT2D eigenvalue weighted by molar-refractivity contribution is 7.45. The van der Waals surface area contributed by atoms with Gasteiger partial charge in [-0.15, -0.1) is 0 Å². The van der Waals surface area contributed by atoms with Crippen molar-refractivity contribution in [3.05, 3.63) is 0 Å². The molecule has 0 amide bonds. The van der Waals surface area contributed by atoms with E-state index in [-0.39, 0.29) is 12.6 Å². The van der Waals surface area contributed by atoms with Crippen LogP contribution in [-0.4, -0.2) is 45.6 Å². The van der Waals surface area contributed by atoms with Crippen LogP contribution in [0, 0.1) is 0 Å². The Labute approximate surface area is 185 Å². The van der Waals surface area contributed by atoms with Gasteiger partial charge in [-0.25, -0.2) is 4.57 Å². The van der Waals surface area contributed by atoms with E-state index in [1.165, 1.54) is 96.3 Å². The SMILES string of the molecule is CCCCCCCCCCCCCCCCCC(N)CCOCCO.O=P(O)(O)O. The summed E-state index contributed by atoms with van der Waals surface area (Å²) in [7, 11) is -4.64. The van der Waals surface area contributed by atoms with Crippen LogP contribution in [0.2, 0.25) is 0 Å². The molecule has 184 valence electrons. The van der Waals surface area contributed by atoms with E-state index in [1.54, 1.807) is 0 Å². The molecule has 8 heteroatoms. The highest BCUT2D eigenvalue weighted by Gasteiger charge is 2.02. The summed E-state index contributed by atoms with van der Waals surface area (Å²) < 4.78 is 14.1. The lowest BCUT2D eigenvalue weighted by molar-refractivity contribution is 0.0872. The Morgan fingerprint density at radius 2 is 1.07 bits per heavy atom. The Morgan fingerprint density at radius 1 is 0.700 bits per heavy atom. The lowest BCUT2D eigenvalue weighted by atomic mass is 10.0. The second kappa shape index (κ2) is 25.3. The number of aliphatic hydroxyl groups excluding tert-OH is 1. The number of rotatable bonds is 21.